The maximum absolute atomic E-state index is 13.1. The molecule has 4 nitrogen and oxygen atoms in total. The van der Waals surface area contributed by atoms with Crippen LogP contribution in [0, 0.1) is 5.82 Å². The smallest absolute Gasteiger partial charge is 0.279 e. The van der Waals surface area contributed by atoms with Gasteiger partial charge < -0.3 is 15.0 Å². The van der Waals surface area contributed by atoms with Crippen LogP contribution in [0.25, 0.3) is 0 Å². The standard InChI is InChI=1S/C18H21FN2O2/c1-21(11-10-14-6-8-17(23-2)9-7-14)13-18(22)20-16-5-3-4-15(19)12-16/h3-9,12H,10-11,13H2,1-2H3,(H,20,22)/p+1. The van der Waals surface area contributed by atoms with Gasteiger partial charge in [0, 0.05) is 12.1 Å². The molecule has 23 heavy (non-hydrogen) atoms. The minimum absolute atomic E-state index is 0.122. The van der Waals surface area contributed by atoms with Crippen molar-refractivity contribution in [2.24, 2.45) is 0 Å². The number of rotatable bonds is 7. The third-order valence-corrected chi connectivity index (χ3v) is 3.57. The van der Waals surface area contributed by atoms with Gasteiger partial charge in [-0.1, -0.05) is 18.2 Å². The Morgan fingerprint density at radius 1 is 1.22 bits per heavy atom. The van der Waals surface area contributed by atoms with Crippen molar-refractivity contribution in [3.05, 3.63) is 59.9 Å². The average Bonchev–Trinajstić information content (AvgIpc) is 2.53. The predicted molar refractivity (Wildman–Crippen MR) is 88.3 cm³/mol. The van der Waals surface area contributed by atoms with Gasteiger partial charge in [0.1, 0.15) is 11.6 Å². The molecule has 0 aromatic heterocycles. The van der Waals surface area contributed by atoms with Crippen LogP contribution in [0.15, 0.2) is 48.5 Å². The van der Waals surface area contributed by atoms with Crippen molar-refractivity contribution in [3.63, 3.8) is 0 Å². The van der Waals surface area contributed by atoms with Crippen molar-refractivity contribution >= 4 is 11.6 Å². The number of anilines is 1. The van der Waals surface area contributed by atoms with Crippen LogP contribution in [0.5, 0.6) is 5.75 Å². The summed E-state index contributed by atoms with van der Waals surface area (Å²) >= 11 is 0. The van der Waals surface area contributed by atoms with Gasteiger partial charge in [-0.15, -0.1) is 0 Å². The molecule has 1 atom stereocenters. The van der Waals surface area contributed by atoms with Gasteiger partial charge >= 0.3 is 0 Å². The van der Waals surface area contributed by atoms with Gasteiger partial charge in [0.25, 0.3) is 5.91 Å². The average molecular weight is 317 g/mol. The van der Waals surface area contributed by atoms with Gasteiger partial charge in [0.2, 0.25) is 0 Å². The van der Waals surface area contributed by atoms with Crippen LogP contribution in [-0.2, 0) is 11.2 Å². The summed E-state index contributed by atoms with van der Waals surface area (Å²) in [6, 6.07) is 13.8. The number of ether oxygens (including phenoxy) is 1. The van der Waals surface area contributed by atoms with Gasteiger partial charge in [0.15, 0.2) is 6.54 Å². The molecular formula is C18H22FN2O2+. The summed E-state index contributed by atoms with van der Waals surface area (Å²) < 4.78 is 18.2. The third kappa shape index (κ3) is 5.71. The largest absolute Gasteiger partial charge is 0.497 e. The zero-order valence-corrected chi connectivity index (χ0v) is 13.4. The molecule has 2 aromatic carbocycles. The number of carbonyl (C=O) groups is 1. The van der Waals surface area contributed by atoms with Gasteiger partial charge in [-0.05, 0) is 35.9 Å². The molecule has 1 unspecified atom stereocenters. The molecule has 2 rings (SSSR count). The topological polar surface area (TPSA) is 42.8 Å². The lowest BCUT2D eigenvalue weighted by Crippen LogP contribution is -3.10. The normalized spacial score (nSPS) is 11.8. The van der Waals surface area contributed by atoms with E-state index in [4.69, 9.17) is 4.74 Å². The highest BCUT2D eigenvalue weighted by Gasteiger charge is 2.10. The SMILES string of the molecule is COc1ccc(CC[NH+](C)CC(=O)Nc2cccc(F)c2)cc1. The Morgan fingerprint density at radius 3 is 2.61 bits per heavy atom. The second-order valence-electron chi connectivity index (χ2n) is 5.54. The predicted octanol–water partition coefficient (Wildman–Crippen LogP) is 1.53. The highest BCUT2D eigenvalue weighted by Crippen LogP contribution is 2.11. The molecule has 2 N–H and O–H groups in total. The number of carbonyl (C=O) groups excluding carboxylic acids is 1. The Morgan fingerprint density at radius 2 is 1.96 bits per heavy atom. The van der Waals surface area contributed by atoms with E-state index in [0.29, 0.717) is 12.2 Å². The Labute approximate surface area is 135 Å². The molecule has 0 aliphatic heterocycles. The van der Waals surface area contributed by atoms with Gasteiger partial charge in [0.05, 0.1) is 20.7 Å². The molecule has 122 valence electrons. The van der Waals surface area contributed by atoms with Crippen LogP contribution in [-0.4, -0.2) is 33.2 Å². The summed E-state index contributed by atoms with van der Waals surface area (Å²) in [4.78, 5) is 13.1. The molecule has 0 spiro atoms. The van der Waals surface area contributed by atoms with Crippen LogP contribution in [0.2, 0.25) is 0 Å². The molecule has 5 heteroatoms. The molecule has 0 saturated heterocycles. The summed E-state index contributed by atoms with van der Waals surface area (Å²) in [7, 11) is 3.61. The Balaban J connectivity index is 1.77. The van der Waals surface area contributed by atoms with Crippen molar-refractivity contribution in [1.29, 1.82) is 0 Å². The zero-order valence-electron chi connectivity index (χ0n) is 13.4. The van der Waals surface area contributed by atoms with E-state index >= 15 is 0 Å². The van der Waals surface area contributed by atoms with E-state index in [2.05, 4.69) is 5.32 Å². The maximum Gasteiger partial charge on any atom is 0.279 e. The number of quaternary nitrogens is 1. The number of benzene rings is 2. The molecule has 0 aliphatic carbocycles. The summed E-state index contributed by atoms with van der Waals surface area (Å²) in [6.07, 6.45) is 0.878. The molecule has 0 radical (unpaired) electrons. The Kier molecular flexibility index (Phi) is 6.11. The number of amides is 1. The number of methoxy groups -OCH3 is 1. The fourth-order valence-corrected chi connectivity index (χ4v) is 2.28. The molecule has 1 amide bonds. The van der Waals surface area contributed by atoms with Crippen LogP contribution in [0.4, 0.5) is 10.1 Å². The molecule has 0 bridgehead atoms. The molecule has 0 heterocycles. The van der Waals surface area contributed by atoms with E-state index in [9.17, 15) is 9.18 Å². The first kappa shape index (κ1) is 17.0. The first-order valence-corrected chi connectivity index (χ1v) is 7.56. The van der Waals surface area contributed by atoms with Gasteiger partial charge in [-0.25, -0.2) is 4.39 Å². The third-order valence-electron chi connectivity index (χ3n) is 3.57. The number of halogens is 1. The van der Waals surface area contributed by atoms with Crippen molar-refractivity contribution in [2.75, 3.05) is 32.6 Å². The van der Waals surface area contributed by atoms with Crippen molar-refractivity contribution in [3.8, 4) is 5.75 Å². The maximum atomic E-state index is 13.1. The Hall–Kier alpha value is -2.40. The van der Waals surface area contributed by atoms with Gasteiger partial charge in [-0.3, -0.25) is 4.79 Å². The van der Waals surface area contributed by atoms with Crippen LogP contribution >= 0.6 is 0 Å². The minimum atomic E-state index is -0.358. The van der Waals surface area contributed by atoms with E-state index in [1.807, 2.05) is 31.3 Å². The van der Waals surface area contributed by atoms with E-state index in [0.717, 1.165) is 23.6 Å². The molecule has 2 aromatic rings. The highest BCUT2D eigenvalue weighted by molar-refractivity contribution is 5.91. The number of nitrogens with one attached hydrogen (secondary N) is 2. The number of hydrogen-bond donors (Lipinski definition) is 2. The summed E-state index contributed by atoms with van der Waals surface area (Å²) in [5, 5.41) is 2.71. The van der Waals surface area contributed by atoms with E-state index in [1.54, 1.807) is 19.2 Å². The second-order valence-corrected chi connectivity index (χ2v) is 5.54. The van der Waals surface area contributed by atoms with Gasteiger partial charge in [-0.2, -0.15) is 0 Å². The van der Waals surface area contributed by atoms with Crippen LogP contribution in [0.1, 0.15) is 5.56 Å². The first-order valence-electron chi connectivity index (χ1n) is 7.56. The molecular weight excluding hydrogens is 295 g/mol. The summed E-state index contributed by atoms with van der Waals surface area (Å²) in [5.41, 5.74) is 1.69. The lowest BCUT2D eigenvalue weighted by molar-refractivity contribution is -0.870. The first-order chi connectivity index (χ1) is 11.1. The van der Waals surface area contributed by atoms with Crippen molar-refractivity contribution in [2.45, 2.75) is 6.42 Å². The number of hydrogen-bond acceptors (Lipinski definition) is 2. The van der Waals surface area contributed by atoms with Crippen molar-refractivity contribution < 1.29 is 18.8 Å². The number of likely N-dealkylation sites (N-methyl/N-ethyl adjacent to an activating group) is 1. The minimum Gasteiger partial charge on any atom is -0.497 e. The van der Waals surface area contributed by atoms with Crippen LogP contribution in [0.3, 0.4) is 0 Å². The van der Waals surface area contributed by atoms with E-state index < -0.39 is 0 Å². The second kappa shape index (κ2) is 8.29. The Bertz CT molecular complexity index is 644. The van der Waals surface area contributed by atoms with E-state index in [1.165, 1.54) is 17.7 Å². The van der Waals surface area contributed by atoms with Crippen molar-refractivity contribution in [1.82, 2.24) is 0 Å². The molecule has 0 fully saturated rings. The zero-order chi connectivity index (χ0) is 16.7. The fraction of sp³-hybridized carbons (Fsp3) is 0.278. The highest BCUT2D eigenvalue weighted by atomic mass is 19.1. The fourth-order valence-electron chi connectivity index (χ4n) is 2.28. The lowest BCUT2D eigenvalue weighted by Gasteiger charge is -2.14. The summed E-state index contributed by atoms with van der Waals surface area (Å²) in [6.45, 7) is 1.18. The quantitative estimate of drug-likeness (QED) is 0.813. The monoisotopic (exact) mass is 317 g/mol. The van der Waals surface area contributed by atoms with Crippen LogP contribution < -0.4 is 15.0 Å². The van der Waals surface area contributed by atoms with E-state index in [-0.39, 0.29) is 11.7 Å². The molecule has 0 aliphatic rings. The summed E-state index contributed by atoms with van der Waals surface area (Å²) in [5.74, 6) is 0.356. The lowest BCUT2D eigenvalue weighted by atomic mass is 10.1. The molecule has 0 saturated carbocycles.